The zero-order valence-electron chi connectivity index (χ0n) is 13.4. The topological polar surface area (TPSA) is 38.8 Å². The summed E-state index contributed by atoms with van der Waals surface area (Å²) >= 11 is 0. The first kappa shape index (κ1) is 18.2. The van der Waals surface area contributed by atoms with Crippen LogP contribution in [-0.4, -0.2) is 81.6 Å². The summed E-state index contributed by atoms with van der Waals surface area (Å²) in [5.74, 6) is 0. The van der Waals surface area contributed by atoms with Crippen LogP contribution in [0.2, 0.25) is 0 Å². The highest BCUT2D eigenvalue weighted by molar-refractivity contribution is 5.74. The number of likely N-dealkylation sites (N-methyl/N-ethyl adjacent to an activating group) is 2. The summed E-state index contributed by atoms with van der Waals surface area (Å²) in [5, 5.41) is 3.01. The van der Waals surface area contributed by atoms with E-state index in [4.69, 9.17) is 0 Å². The molecule has 0 radical (unpaired) electrons. The Balaban J connectivity index is 4.08. The van der Waals surface area contributed by atoms with Gasteiger partial charge in [0, 0.05) is 32.7 Å². The van der Waals surface area contributed by atoms with Gasteiger partial charge in [0.1, 0.15) is 0 Å². The van der Waals surface area contributed by atoms with Crippen LogP contribution < -0.4 is 5.32 Å². The molecule has 0 aliphatic heterocycles. The van der Waals surface area contributed by atoms with E-state index in [-0.39, 0.29) is 6.03 Å². The molecule has 19 heavy (non-hydrogen) atoms. The Labute approximate surface area is 118 Å². The third kappa shape index (κ3) is 10.8. The van der Waals surface area contributed by atoms with Crippen molar-refractivity contribution in [2.24, 2.45) is 0 Å². The second kappa shape index (κ2) is 11.1. The third-order valence-electron chi connectivity index (χ3n) is 2.98. The molecular formula is C14H32N4O. The summed E-state index contributed by atoms with van der Waals surface area (Å²) in [6, 6.07) is 0.0693. The van der Waals surface area contributed by atoms with E-state index in [2.05, 4.69) is 22.0 Å². The predicted octanol–water partition coefficient (Wildman–Crippen LogP) is 1.31. The highest BCUT2D eigenvalue weighted by Gasteiger charge is 2.12. The van der Waals surface area contributed by atoms with Crippen molar-refractivity contribution in [1.82, 2.24) is 20.0 Å². The summed E-state index contributed by atoms with van der Waals surface area (Å²) in [6.45, 7) is 6.31. The molecule has 0 aromatic heterocycles. The number of rotatable bonds is 10. The average Bonchev–Trinajstić information content (AvgIpc) is 2.33. The summed E-state index contributed by atoms with van der Waals surface area (Å²) in [6.07, 6.45) is 3.42. The molecule has 1 N–H and O–H groups in total. The molecule has 2 amide bonds. The normalized spacial score (nSPS) is 11.1. The minimum absolute atomic E-state index is 0.0693. The number of nitrogens with zero attached hydrogens (tertiary/aromatic N) is 3. The third-order valence-corrected chi connectivity index (χ3v) is 2.98. The molecular weight excluding hydrogens is 240 g/mol. The Kier molecular flexibility index (Phi) is 10.6. The van der Waals surface area contributed by atoms with Crippen LogP contribution in [0.5, 0.6) is 0 Å². The van der Waals surface area contributed by atoms with E-state index in [1.807, 2.05) is 33.1 Å². The Morgan fingerprint density at radius 2 is 1.42 bits per heavy atom. The zero-order chi connectivity index (χ0) is 14.7. The first-order valence-electron chi connectivity index (χ1n) is 7.29. The molecule has 0 atom stereocenters. The van der Waals surface area contributed by atoms with Crippen molar-refractivity contribution in [2.75, 3.05) is 60.9 Å². The zero-order valence-corrected chi connectivity index (χ0v) is 13.4. The fourth-order valence-electron chi connectivity index (χ4n) is 1.64. The molecule has 0 rings (SSSR count). The van der Waals surface area contributed by atoms with E-state index in [0.29, 0.717) is 0 Å². The molecule has 114 valence electrons. The minimum atomic E-state index is 0.0693. The van der Waals surface area contributed by atoms with E-state index in [9.17, 15) is 4.79 Å². The van der Waals surface area contributed by atoms with E-state index in [1.165, 1.54) is 12.8 Å². The standard InChI is InChI=1S/C14H32N4O/c1-6-7-8-9-15-14(19)18(12-10-16(2)3)13-11-17(4)5/h6-13H2,1-5H3,(H,15,19). The summed E-state index contributed by atoms with van der Waals surface area (Å²) in [5.41, 5.74) is 0. The molecule has 0 aliphatic rings. The van der Waals surface area contributed by atoms with E-state index in [0.717, 1.165) is 39.1 Å². The van der Waals surface area contributed by atoms with Gasteiger partial charge in [-0.3, -0.25) is 0 Å². The van der Waals surface area contributed by atoms with Crippen molar-refractivity contribution in [2.45, 2.75) is 26.2 Å². The lowest BCUT2D eigenvalue weighted by Gasteiger charge is -2.26. The number of urea groups is 1. The van der Waals surface area contributed by atoms with Crippen molar-refractivity contribution in [1.29, 1.82) is 0 Å². The molecule has 0 aromatic carbocycles. The molecule has 5 nitrogen and oxygen atoms in total. The second-order valence-corrected chi connectivity index (χ2v) is 5.53. The van der Waals surface area contributed by atoms with Gasteiger partial charge in [-0.2, -0.15) is 0 Å². The Morgan fingerprint density at radius 3 is 1.84 bits per heavy atom. The number of hydrogen-bond acceptors (Lipinski definition) is 3. The van der Waals surface area contributed by atoms with Crippen LogP contribution >= 0.6 is 0 Å². The van der Waals surface area contributed by atoms with E-state index < -0.39 is 0 Å². The lowest BCUT2D eigenvalue weighted by molar-refractivity contribution is 0.185. The summed E-state index contributed by atoms with van der Waals surface area (Å²) < 4.78 is 0. The number of nitrogens with one attached hydrogen (secondary N) is 1. The van der Waals surface area contributed by atoms with Crippen LogP contribution in [0.15, 0.2) is 0 Å². The van der Waals surface area contributed by atoms with Gasteiger partial charge >= 0.3 is 6.03 Å². The fraction of sp³-hybridized carbons (Fsp3) is 0.929. The van der Waals surface area contributed by atoms with Gasteiger partial charge in [0.15, 0.2) is 0 Å². The highest BCUT2D eigenvalue weighted by Crippen LogP contribution is 1.95. The van der Waals surface area contributed by atoms with Gasteiger partial charge in [-0.15, -0.1) is 0 Å². The molecule has 0 saturated heterocycles. The van der Waals surface area contributed by atoms with Crippen molar-refractivity contribution in [3.05, 3.63) is 0 Å². The van der Waals surface area contributed by atoms with Crippen molar-refractivity contribution in [3.63, 3.8) is 0 Å². The van der Waals surface area contributed by atoms with Crippen LogP contribution in [0.3, 0.4) is 0 Å². The van der Waals surface area contributed by atoms with Crippen molar-refractivity contribution in [3.8, 4) is 0 Å². The molecule has 0 heterocycles. The molecule has 0 saturated carbocycles. The Hall–Kier alpha value is -0.810. The quantitative estimate of drug-likeness (QED) is 0.610. The second-order valence-electron chi connectivity index (χ2n) is 5.53. The van der Waals surface area contributed by atoms with Crippen LogP contribution in [0, 0.1) is 0 Å². The highest BCUT2D eigenvalue weighted by atomic mass is 16.2. The van der Waals surface area contributed by atoms with Crippen molar-refractivity contribution >= 4 is 6.03 Å². The largest absolute Gasteiger partial charge is 0.338 e. The minimum Gasteiger partial charge on any atom is -0.338 e. The maximum Gasteiger partial charge on any atom is 0.317 e. The number of hydrogen-bond donors (Lipinski definition) is 1. The maximum absolute atomic E-state index is 12.1. The molecule has 0 aromatic rings. The average molecular weight is 272 g/mol. The Bertz CT molecular complexity index is 219. The van der Waals surface area contributed by atoms with Crippen LogP contribution in [0.4, 0.5) is 4.79 Å². The van der Waals surface area contributed by atoms with Gasteiger partial charge in [-0.05, 0) is 34.6 Å². The molecule has 0 spiro atoms. The van der Waals surface area contributed by atoms with Crippen LogP contribution in [-0.2, 0) is 0 Å². The lowest BCUT2D eigenvalue weighted by atomic mass is 10.2. The Morgan fingerprint density at radius 1 is 0.895 bits per heavy atom. The smallest absolute Gasteiger partial charge is 0.317 e. The van der Waals surface area contributed by atoms with Crippen LogP contribution in [0.25, 0.3) is 0 Å². The lowest BCUT2D eigenvalue weighted by Crippen LogP contribution is -2.45. The fourth-order valence-corrected chi connectivity index (χ4v) is 1.64. The maximum atomic E-state index is 12.1. The summed E-state index contributed by atoms with van der Waals surface area (Å²) in [7, 11) is 8.12. The molecule has 0 unspecified atom stereocenters. The van der Waals surface area contributed by atoms with Crippen molar-refractivity contribution < 1.29 is 4.79 Å². The number of carbonyl (C=O) groups is 1. The number of carbonyl (C=O) groups excluding carboxylic acids is 1. The monoisotopic (exact) mass is 272 g/mol. The molecule has 5 heteroatoms. The predicted molar refractivity (Wildman–Crippen MR) is 81.6 cm³/mol. The van der Waals surface area contributed by atoms with Gasteiger partial charge in [0.25, 0.3) is 0 Å². The van der Waals surface area contributed by atoms with Gasteiger partial charge in [0.2, 0.25) is 0 Å². The van der Waals surface area contributed by atoms with E-state index in [1.54, 1.807) is 0 Å². The van der Waals surface area contributed by atoms with Crippen LogP contribution in [0.1, 0.15) is 26.2 Å². The van der Waals surface area contributed by atoms with Gasteiger partial charge in [-0.1, -0.05) is 19.8 Å². The summed E-state index contributed by atoms with van der Waals surface area (Å²) in [4.78, 5) is 18.2. The number of amides is 2. The first-order valence-corrected chi connectivity index (χ1v) is 7.29. The van der Waals surface area contributed by atoms with Gasteiger partial charge in [-0.25, -0.2) is 4.79 Å². The molecule has 0 bridgehead atoms. The molecule has 0 aliphatic carbocycles. The first-order chi connectivity index (χ1) is 8.97. The molecule has 0 fully saturated rings. The van der Waals surface area contributed by atoms with Gasteiger partial charge < -0.3 is 20.0 Å². The number of unbranched alkanes of at least 4 members (excludes halogenated alkanes) is 2. The SMILES string of the molecule is CCCCCNC(=O)N(CCN(C)C)CCN(C)C. The van der Waals surface area contributed by atoms with E-state index >= 15 is 0 Å². The van der Waals surface area contributed by atoms with Gasteiger partial charge in [0.05, 0.1) is 0 Å².